The van der Waals surface area contributed by atoms with Crippen LogP contribution in [0.1, 0.15) is 65.5 Å². The molecule has 2 aromatic heterocycles. The fraction of sp³-hybridized carbons (Fsp3) is 0.300. The number of carbonyl (C=O) groups excluding carboxylic acids is 1. The molecule has 7 nitrogen and oxygen atoms in total. The van der Waals surface area contributed by atoms with Crippen molar-refractivity contribution in [3.8, 4) is 11.5 Å². The molecule has 0 aliphatic carbocycles. The fourth-order valence-corrected chi connectivity index (χ4v) is 4.81. The zero-order chi connectivity index (χ0) is 27.0. The van der Waals surface area contributed by atoms with Crippen LogP contribution < -0.4 is 19.8 Å². The molecule has 1 unspecified atom stereocenters. The number of halogens is 1. The van der Waals surface area contributed by atoms with Gasteiger partial charge >= 0.3 is 0 Å². The van der Waals surface area contributed by atoms with Gasteiger partial charge in [0.25, 0.3) is 5.91 Å². The third-order valence-corrected chi connectivity index (χ3v) is 7.01. The first-order valence-electron chi connectivity index (χ1n) is 12.8. The summed E-state index contributed by atoms with van der Waals surface area (Å²) in [5.41, 5.74) is 3.01. The Hall–Kier alpha value is -3.84. The Morgan fingerprint density at radius 2 is 1.79 bits per heavy atom. The Kier molecular flexibility index (Phi) is 7.13. The molecular formula is C30H29ClN2O5. The molecule has 0 bridgehead atoms. The number of anilines is 1. The Labute approximate surface area is 226 Å². The number of aromatic nitrogens is 1. The average molecular weight is 533 g/mol. The van der Waals surface area contributed by atoms with Crippen molar-refractivity contribution in [3.05, 3.63) is 91.9 Å². The van der Waals surface area contributed by atoms with Crippen molar-refractivity contribution < 1.29 is 18.7 Å². The highest BCUT2D eigenvalue weighted by molar-refractivity contribution is 6.30. The third-order valence-electron chi connectivity index (χ3n) is 6.78. The predicted octanol–water partition coefficient (Wildman–Crippen LogP) is 6.79. The van der Waals surface area contributed by atoms with Crippen molar-refractivity contribution in [2.45, 2.75) is 46.6 Å². The highest BCUT2D eigenvalue weighted by Crippen LogP contribution is 2.43. The third kappa shape index (κ3) is 4.52. The van der Waals surface area contributed by atoms with Crippen molar-refractivity contribution >= 4 is 34.3 Å². The van der Waals surface area contributed by atoms with Gasteiger partial charge in [-0.2, -0.15) is 0 Å². The smallest absolute Gasteiger partial charge is 0.296 e. The van der Waals surface area contributed by atoms with Crippen LogP contribution in [-0.4, -0.2) is 24.1 Å². The minimum absolute atomic E-state index is 0.00809. The van der Waals surface area contributed by atoms with E-state index in [-0.39, 0.29) is 16.8 Å². The Balaban J connectivity index is 1.73. The molecule has 2 aromatic carbocycles. The lowest BCUT2D eigenvalue weighted by Gasteiger charge is -2.25. The van der Waals surface area contributed by atoms with E-state index in [4.69, 9.17) is 25.5 Å². The monoisotopic (exact) mass is 532 g/mol. The van der Waals surface area contributed by atoms with Crippen LogP contribution in [0.25, 0.3) is 11.0 Å². The molecule has 0 spiro atoms. The summed E-state index contributed by atoms with van der Waals surface area (Å²) in [6, 6.07) is 11.6. The maximum atomic E-state index is 14.0. The van der Waals surface area contributed by atoms with Gasteiger partial charge in [0.05, 0.1) is 35.2 Å². The first-order chi connectivity index (χ1) is 18.3. The van der Waals surface area contributed by atoms with E-state index < -0.39 is 11.9 Å². The Morgan fingerprint density at radius 1 is 1.00 bits per heavy atom. The van der Waals surface area contributed by atoms with Crippen molar-refractivity contribution in [1.29, 1.82) is 0 Å². The number of benzene rings is 2. The van der Waals surface area contributed by atoms with Crippen LogP contribution in [0.2, 0.25) is 5.02 Å². The molecule has 1 atom stereocenters. The number of ether oxygens (including phenoxy) is 2. The molecule has 8 heteroatoms. The number of hydrogen-bond donors (Lipinski definition) is 0. The zero-order valence-electron chi connectivity index (χ0n) is 21.8. The molecule has 0 N–H and O–H groups in total. The quantitative estimate of drug-likeness (QED) is 0.232. The summed E-state index contributed by atoms with van der Waals surface area (Å²) in [5, 5.41) is 0.868. The molecule has 0 fully saturated rings. The van der Waals surface area contributed by atoms with E-state index in [1.807, 2.05) is 45.0 Å². The molecule has 0 saturated carbocycles. The minimum Gasteiger partial charge on any atom is -0.490 e. The normalized spacial score (nSPS) is 14.7. The Bertz CT molecular complexity index is 1580. The number of unbranched alkanes of at least 4 members (excludes halogenated alkanes) is 1. The number of carbonyl (C=O) groups is 1. The first kappa shape index (κ1) is 25.8. The zero-order valence-corrected chi connectivity index (χ0v) is 22.6. The molecule has 38 heavy (non-hydrogen) atoms. The number of pyridine rings is 1. The summed E-state index contributed by atoms with van der Waals surface area (Å²) in [7, 11) is 0. The van der Waals surface area contributed by atoms with E-state index in [9.17, 15) is 9.59 Å². The van der Waals surface area contributed by atoms with Crippen LogP contribution in [0.3, 0.4) is 0 Å². The molecule has 0 radical (unpaired) electrons. The molecule has 1 amide bonds. The number of amides is 1. The van der Waals surface area contributed by atoms with E-state index >= 15 is 0 Å². The molecule has 1 aliphatic rings. The average Bonchev–Trinajstić information content (AvgIpc) is 3.19. The highest BCUT2D eigenvalue weighted by Gasteiger charge is 2.44. The van der Waals surface area contributed by atoms with Gasteiger partial charge in [-0.1, -0.05) is 31.0 Å². The maximum Gasteiger partial charge on any atom is 0.296 e. The van der Waals surface area contributed by atoms with Gasteiger partial charge in [-0.05, 0) is 80.3 Å². The largest absolute Gasteiger partial charge is 0.490 e. The molecule has 0 saturated heterocycles. The molecule has 1 aliphatic heterocycles. The van der Waals surface area contributed by atoms with Crippen LogP contribution in [-0.2, 0) is 0 Å². The van der Waals surface area contributed by atoms with Crippen LogP contribution in [0.15, 0.2) is 57.9 Å². The number of rotatable bonds is 8. The van der Waals surface area contributed by atoms with E-state index in [1.165, 1.54) is 11.1 Å². The fourth-order valence-electron chi connectivity index (χ4n) is 4.70. The van der Waals surface area contributed by atoms with E-state index in [0.717, 1.165) is 24.0 Å². The van der Waals surface area contributed by atoms with Gasteiger partial charge in [0.2, 0.25) is 5.76 Å². The van der Waals surface area contributed by atoms with Crippen molar-refractivity contribution in [3.63, 3.8) is 0 Å². The summed E-state index contributed by atoms with van der Waals surface area (Å²) in [6.45, 7) is 8.88. The Morgan fingerprint density at radius 3 is 2.50 bits per heavy atom. The van der Waals surface area contributed by atoms with Crippen LogP contribution in [0.4, 0.5) is 5.82 Å². The SMILES string of the molecule is CCCCOc1ccc(C2c3c(oc4cc(C)c(C)cc4c3=O)C(=O)N2c2ccc(Cl)cn2)cc1OCC. The van der Waals surface area contributed by atoms with Gasteiger partial charge in [-0.25, -0.2) is 4.98 Å². The summed E-state index contributed by atoms with van der Waals surface area (Å²) in [4.78, 5) is 33.7. The highest BCUT2D eigenvalue weighted by atomic mass is 35.5. The van der Waals surface area contributed by atoms with Gasteiger partial charge < -0.3 is 13.9 Å². The van der Waals surface area contributed by atoms with Gasteiger partial charge in [0.1, 0.15) is 11.4 Å². The minimum atomic E-state index is -0.780. The summed E-state index contributed by atoms with van der Waals surface area (Å²) >= 11 is 6.08. The van der Waals surface area contributed by atoms with Gasteiger partial charge in [0.15, 0.2) is 16.9 Å². The molecule has 3 heterocycles. The summed E-state index contributed by atoms with van der Waals surface area (Å²) < 4.78 is 18.0. The lowest BCUT2D eigenvalue weighted by atomic mass is 9.97. The second-order valence-electron chi connectivity index (χ2n) is 9.36. The number of fused-ring (bicyclic) bond motifs is 2. The maximum absolute atomic E-state index is 14.0. The standard InChI is InChI=1S/C30H29ClN2O5/c1-5-7-12-37-22-10-8-19(15-24(22)36-6-2)27-26-28(34)21-13-17(3)18(4)14-23(21)38-29(26)30(35)33(27)25-11-9-20(31)16-32-25/h8-11,13-16,27H,5-7,12H2,1-4H3. The summed E-state index contributed by atoms with van der Waals surface area (Å²) in [6.07, 6.45) is 3.40. The summed E-state index contributed by atoms with van der Waals surface area (Å²) in [5.74, 6) is 1.07. The lowest BCUT2D eigenvalue weighted by molar-refractivity contribution is 0.0970. The first-order valence-corrected chi connectivity index (χ1v) is 13.1. The van der Waals surface area contributed by atoms with E-state index in [2.05, 4.69) is 11.9 Å². The number of hydrogen-bond acceptors (Lipinski definition) is 6. The molecule has 196 valence electrons. The van der Waals surface area contributed by atoms with Gasteiger partial charge in [0, 0.05) is 6.20 Å². The second-order valence-corrected chi connectivity index (χ2v) is 9.80. The second kappa shape index (κ2) is 10.5. The van der Waals surface area contributed by atoms with E-state index in [1.54, 1.807) is 18.2 Å². The predicted molar refractivity (Wildman–Crippen MR) is 148 cm³/mol. The molecular weight excluding hydrogens is 504 g/mol. The van der Waals surface area contributed by atoms with Crippen LogP contribution in [0.5, 0.6) is 11.5 Å². The molecule has 4 aromatic rings. The van der Waals surface area contributed by atoms with Crippen molar-refractivity contribution in [1.82, 2.24) is 4.98 Å². The lowest BCUT2D eigenvalue weighted by Crippen LogP contribution is -2.30. The topological polar surface area (TPSA) is 81.9 Å². The van der Waals surface area contributed by atoms with Crippen molar-refractivity contribution in [2.75, 3.05) is 18.1 Å². The van der Waals surface area contributed by atoms with E-state index in [0.29, 0.717) is 52.1 Å². The molecule has 5 rings (SSSR count). The number of nitrogens with zero attached hydrogens (tertiary/aromatic N) is 2. The van der Waals surface area contributed by atoms with Gasteiger partial charge in [-0.15, -0.1) is 0 Å². The van der Waals surface area contributed by atoms with Gasteiger partial charge in [-0.3, -0.25) is 14.5 Å². The van der Waals surface area contributed by atoms with Crippen LogP contribution >= 0.6 is 11.6 Å². The number of aryl methyl sites for hydroxylation is 2. The van der Waals surface area contributed by atoms with Crippen molar-refractivity contribution in [2.24, 2.45) is 0 Å². The van der Waals surface area contributed by atoms with Crippen LogP contribution in [0, 0.1) is 13.8 Å².